The molecule has 0 aliphatic rings. The van der Waals surface area contributed by atoms with E-state index in [4.69, 9.17) is 23.2 Å². The summed E-state index contributed by atoms with van der Waals surface area (Å²) >= 11 is 13.6. The number of benzene rings is 2. The molecule has 130 valence electrons. The molecule has 3 aromatic rings. The highest BCUT2D eigenvalue weighted by molar-refractivity contribution is 7.18. The second kappa shape index (κ2) is 7.70. The molecule has 0 radical (unpaired) electrons. The van der Waals surface area contributed by atoms with Crippen LogP contribution in [0.25, 0.3) is 10.2 Å². The number of likely N-dealkylation sites (N-methyl/N-ethyl adjacent to an activating group) is 1. The Kier molecular flexibility index (Phi) is 5.59. The molecule has 0 bridgehead atoms. The minimum absolute atomic E-state index is 0.102. The molecule has 4 nitrogen and oxygen atoms in total. The summed E-state index contributed by atoms with van der Waals surface area (Å²) in [6, 6.07) is 13.2. The molecule has 0 aliphatic heterocycles. The Bertz CT molecular complexity index is 879. The number of thiazole rings is 1. The third-order valence-electron chi connectivity index (χ3n) is 4.06. The van der Waals surface area contributed by atoms with Crippen LogP contribution in [0.15, 0.2) is 42.5 Å². The van der Waals surface area contributed by atoms with Crippen molar-refractivity contribution in [1.82, 2.24) is 4.98 Å². The average Bonchev–Trinajstić information content (AvgIpc) is 3.00. The summed E-state index contributed by atoms with van der Waals surface area (Å²) in [5.74, 6) is -0.102. The molecule has 1 heterocycles. The molecule has 25 heavy (non-hydrogen) atoms. The minimum Gasteiger partial charge on any atom is -0.322 e. The summed E-state index contributed by atoms with van der Waals surface area (Å²) in [5.41, 5.74) is 1.57. The van der Waals surface area contributed by atoms with Crippen molar-refractivity contribution in [2.24, 2.45) is 0 Å². The Labute approximate surface area is 160 Å². The fourth-order valence-electron chi connectivity index (χ4n) is 2.48. The van der Waals surface area contributed by atoms with Gasteiger partial charge in [-0.05, 0) is 37.3 Å². The summed E-state index contributed by atoms with van der Waals surface area (Å²) in [7, 11) is 1.99. The number of aromatic nitrogens is 1. The largest absolute Gasteiger partial charge is 0.322 e. The molecule has 2 aromatic carbocycles. The number of hydrogen-bond acceptors (Lipinski definition) is 3. The maximum absolute atomic E-state index is 12.3. The Balaban J connectivity index is 1.66. The summed E-state index contributed by atoms with van der Waals surface area (Å²) in [6.07, 6.45) is 0. The van der Waals surface area contributed by atoms with Gasteiger partial charge in [-0.1, -0.05) is 35.3 Å². The number of nitrogens with one attached hydrogen (secondary N) is 2. The molecule has 0 fully saturated rings. The quantitative estimate of drug-likeness (QED) is 0.690. The number of quaternary nitrogens is 1. The maximum atomic E-state index is 12.3. The number of rotatable bonds is 5. The fraction of sp³-hybridized carbons (Fsp3) is 0.222. The number of anilines is 1. The molecule has 2 N–H and O–H groups in total. The molecule has 7 heteroatoms. The lowest BCUT2D eigenvalue weighted by molar-refractivity contribution is -0.902. The monoisotopic (exact) mass is 394 g/mol. The minimum atomic E-state index is -0.102. The van der Waals surface area contributed by atoms with E-state index in [9.17, 15) is 4.79 Å². The van der Waals surface area contributed by atoms with E-state index >= 15 is 0 Å². The zero-order valence-electron chi connectivity index (χ0n) is 13.8. The molecule has 1 aromatic heterocycles. The van der Waals surface area contributed by atoms with Gasteiger partial charge in [-0.2, -0.15) is 0 Å². The van der Waals surface area contributed by atoms with Crippen molar-refractivity contribution in [3.8, 4) is 0 Å². The molecule has 1 unspecified atom stereocenters. The van der Waals surface area contributed by atoms with Crippen molar-refractivity contribution < 1.29 is 9.69 Å². The molecular weight excluding hydrogens is 377 g/mol. The Morgan fingerprint density at radius 3 is 2.76 bits per heavy atom. The van der Waals surface area contributed by atoms with Crippen molar-refractivity contribution in [1.29, 1.82) is 0 Å². The van der Waals surface area contributed by atoms with Crippen molar-refractivity contribution in [3.05, 3.63) is 57.5 Å². The summed E-state index contributed by atoms with van der Waals surface area (Å²) in [6.45, 7) is 2.39. The van der Waals surface area contributed by atoms with Gasteiger partial charge in [-0.15, -0.1) is 11.3 Å². The number of amides is 1. The lowest BCUT2D eigenvalue weighted by Gasteiger charge is -2.19. The van der Waals surface area contributed by atoms with Gasteiger partial charge >= 0.3 is 0 Å². The number of para-hydroxylation sites is 1. The third-order valence-corrected chi connectivity index (χ3v) is 5.83. The van der Waals surface area contributed by atoms with Crippen LogP contribution in [0.2, 0.25) is 10.0 Å². The highest BCUT2D eigenvalue weighted by atomic mass is 35.5. The molecule has 0 aliphatic carbocycles. The van der Waals surface area contributed by atoms with E-state index in [2.05, 4.69) is 23.3 Å². The smallest absolute Gasteiger partial charge is 0.279 e. The number of hydrogen-bond donors (Lipinski definition) is 2. The predicted octanol–water partition coefficient (Wildman–Crippen LogP) is 3.82. The first-order valence-electron chi connectivity index (χ1n) is 7.86. The van der Waals surface area contributed by atoms with E-state index in [0.717, 1.165) is 20.1 Å². The number of carbonyl (C=O) groups is 1. The van der Waals surface area contributed by atoms with Crippen LogP contribution in [-0.2, 0) is 4.79 Å². The Morgan fingerprint density at radius 2 is 2.04 bits per heavy atom. The van der Waals surface area contributed by atoms with Crippen LogP contribution in [-0.4, -0.2) is 24.5 Å². The SMILES string of the molecule is C[C@H](c1nc2ccccc2s1)[NH+](C)CC(=O)Nc1ccc(Cl)cc1Cl. The van der Waals surface area contributed by atoms with E-state index in [0.29, 0.717) is 22.3 Å². The van der Waals surface area contributed by atoms with Gasteiger partial charge in [-0.3, -0.25) is 4.79 Å². The van der Waals surface area contributed by atoms with Gasteiger partial charge < -0.3 is 10.2 Å². The highest BCUT2D eigenvalue weighted by Crippen LogP contribution is 2.26. The molecule has 3 rings (SSSR count). The number of nitrogens with zero attached hydrogens (tertiary/aromatic N) is 1. The Morgan fingerprint density at radius 1 is 1.28 bits per heavy atom. The summed E-state index contributed by atoms with van der Waals surface area (Å²) in [5, 5.41) is 4.82. The first-order chi connectivity index (χ1) is 11.9. The van der Waals surface area contributed by atoms with Gasteiger partial charge in [0.1, 0.15) is 6.04 Å². The van der Waals surface area contributed by atoms with Crippen molar-refractivity contribution in [2.45, 2.75) is 13.0 Å². The molecule has 0 spiro atoms. The van der Waals surface area contributed by atoms with Crippen LogP contribution in [0.3, 0.4) is 0 Å². The topological polar surface area (TPSA) is 46.4 Å². The van der Waals surface area contributed by atoms with Crippen molar-refractivity contribution in [2.75, 3.05) is 18.9 Å². The lowest BCUT2D eigenvalue weighted by Crippen LogP contribution is -3.10. The summed E-state index contributed by atoms with van der Waals surface area (Å²) < 4.78 is 1.16. The van der Waals surface area contributed by atoms with Crippen LogP contribution in [0.1, 0.15) is 18.0 Å². The highest BCUT2D eigenvalue weighted by Gasteiger charge is 2.22. The molecule has 0 saturated carbocycles. The van der Waals surface area contributed by atoms with Gasteiger partial charge in [0.25, 0.3) is 5.91 Å². The molecule has 2 atom stereocenters. The van der Waals surface area contributed by atoms with Crippen LogP contribution in [0.4, 0.5) is 5.69 Å². The van der Waals surface area contributed by atoms with E-state index in [-0.39, 0.29) is 11.9 Å². The van der Waals surface area contributed by atoms with Crippen molar-refractivity contribution in [3.63, 3.8) is 0 Å². The first kappa shape index (κ1) is 18.1. The standard InChI is InChI=1S/C18H17Cl2N3OS/c1-11(18-22-15-5-3-4-6-16(15)25-18)23(2)10-17(24)21-14-8-7-12(19)9-13(14)20/h3-9,11H,10H2,1-2H3,(H,21,24)/p+1/t11-/m1/s1. The fourth-order valence-corrected chi connectivity index (χ4v) is 4.05. The average molecular weight is 395 g/mol. The van der Waals surface area contributed by atoms with Crippen molar-refractivity contribution >= 4 is 56.3 Å². The van der Waals surface area contributed by atoms with Gasteiger partial charge in [0, 0.05) is 5.02 Å². The molecule has 1 amide bonds. The molecular formula is C18H18Cl2N3OS+. The van der Waals surface area contributed by atoms with Gasteiger partial charge in [0.2, 0.25) is 0 Å². The third kappa shape index (κ3) is 4.30. The normalized spacial score (nSPS) is 13.6. The van der Waals surface area contributed by atoms with Crippen LogP contribution in [0, 0.1) is 0 Å². The summed E-state index contributed by atoms with van der Waals surface area (Å²) in [4.78, 5) is 18.1. The molecule has 0 saturated heterocycles. The van der Waals surface area contributed by atoms with E-state index < -0.39 is 0 Å². The van der Waals surface area contributed by atoms with Crippen LogP contribution < -0.4 is 10.2 Å². The predicted molar refractivity (Wildman–Crippen MR) is 105 cm³/mol. The van der Waals surface area contributed by atoms with Crippen LogP contribution >= 0.6 is 34.5 Å². The zero-order chi connectivity index (χ0) is 18.0. The number of fused-ring (bicyclic) bond motifs is 1. The van der Waals surface area contributed by atoms with Gasteiger partial charge in [-0.25, -0.2) is 4.98 Å². The van der Waals surface area contributed by atoms with E-state index in [1.165, 1.54) is 0 Å². The Hall–Kier alpha value is -1.66. The number of halogens is 2. The van der Waals surface area contributed by atoms with Crippen LogP contribution in [0.5, 0.6) is 0 Å². The number of carbonyl (C=O) groups excluding carboxylic acids is 1. The zero-order valence-corrected chi connectivity index (χ0v) is 16.2. The second-order valence-electron chi connectivity index (χ2n) is 5.94. The first-order valence-corrected chi connectivity index (χ1v) is 9.44. The second-order valence-corrected chi connectivity index (χ2v) is 7.84. The lowest BCUT2D eigenvalue weighted by atomic mass is 10.3. The van der Waals surface area contributed by atoms with Gasteiger partial charge in [0.05, 0.1) is 28.0 Å². The maximum Gasteiger partial charge on any atom is 0.279 e. The van der Waals surface area contributed by atoms with E-state index in [1.807, 2.05) is 25.2 Å². The van der Waals surface area contributed by atoms with Gasteiger partial charge in [0.15, 0.2) is 11.6 Å². The van der Waals surface area contributed by atoms with E-state index in [1.54, 1.807) is 29.5 Å².